The first kappa shape index (κ1) is 19.6. The molecule has 32 heavy (non-hydrogen) atoms. The smallest absolute Gasteiger partial charge is 0.271 e. The predicted molar refractivity (Wildman–Crippen MR) is 117 cm³/mol. The Balaban J connectivity index is 1.25. The molecule has 0 aliphatic carbocycles. The van der Waals surface area contributed by atoms with Gasteiger partial charge < -0.3 is 4.90 Å². The molecule has 6 rings (SSSR count). The minimum atomic E-state index is 0.0224. The SMILES string of the molecule is O=C(c1cc(-n2cnnn2)n[nH]1)N1C[C@H]2C[C@@H](C1)[C@H](Cc1ccccc1)N1CCCC[C@@H]21. The average Bonchev–Trinajstić information content (AvgIpc) is 3.54. The summed E-state index contributed by atoms with van der Waals surface area (Å²) in [6, 6.07) is 13.6. The van der Waals surface area contributed by atoms with Gasteiger partial charge in [-0.1, -0.05) is 36.8 Å². The molecule has 9 nitrogen and oxygen atoms in total. The fourth-order valence-corrected chi connectivity index (χ4v) is 6.18. The molecule has 0 saturated carbocycles. The second-order valence-corrected chi connectivity index (χ2v) is 9.42. The fraction of sp³-hybridized carbons (Fsp3) is 0.522. The van der Waals surface area contributed by atoms with E-state index >= 15 is 0 Å². The topological polar surface area (TPSA) is 95.8 Å². The Labute approximate surface area is 186 Å². The van der Waals surface area contributed by atoms with Crippen molar-refractivity contribution in [2.45, 2.75) is 44.2 Å². The molecule has 3 aliphatic heterocycles. The van der Waals surface area contributed by atoms with Gasteiger partial charge in [-0.05, 0) is 60.1 Å². The molecule has 0 radical (unpaired) electrons. The summed E-state index contributed by atoms with van der Waals surface area (Å²) < 4.78 is 1.45. The number of amides is 1. The van der Waals surface area contributed by atoms with Crippen LogP contribution in [0.1, 0.15) is 41.7 Å². The van der Waals surface area contributed by atoms with E-state index in [1.165, 1.54) is 48.8 Å². The van der Waals surface area contributed by atoms with Crippen LogP contribution in [-0.4, -0.2) is 77.8 Å². The maximum Gasteiger partial charge on any atom is 0.271 e. The maximum atomic E-state index is 13.4. The molecule has 0 unspecified atom stereocenters. The monoisotopic (exact) mass is 432 g/mol. The van der Waals surface area contributed by atoms with Crippen LogP contribution in [0.4, 0.5) is 0 Å². The highest BCUT2D eigenvalue weighted by atomic mass is 16.2. The summed E-state index contributed by atoms with van der Waals surface area (Å²) in [6.07, 6.45) is 7.59. The molecule has 5 heterocycles. The van der Waals surface area contributed by atoms with Crippen molar-refractivity contribution >= 4 is 5.91 Å². The molecular formula is C23H28N8O. The van der Waals surface area contributed by atoms with E-state index in [1.54, 1.807) is 6.07 Å². The third kappa shape index (κ3) is 3.50. The molecular weight excluding hydrogens is 404 g/mol. The molecule has 4 atom stereocenters. The van der Waals surface area contributed by atoms with Crippen molar-refractivity contribution in [1.29, 1.82) is 0 Å². The highest BCUT2D eigenvalue weighted by Gasteiger charge is 2.47. The van der Waals surface area contributed by atoms with E-state index in [4.69, 9.17) is 0 Å². The van der Waals surface area contributed by atoms with E-state index in [2.05, 4.69) is 65.9 Å². The first-order chi connectivity index (χ1) is 15.8. The van der Waals surface area contributed by atoms with Crippen LogP contribution in [-0.2, 0) is 6.42 Å². The number of hydrogen-bond acceptors (Lipinski definition) is 6. The van der Waals surface area contributed by atoms with E-state index in [0.29, 0.717) is 35.4 Å². The van der Waals surface area contributed by atoms with E-state index in [1.807, 2.05) is 0 Å². The van der Waals surface area contributed by atoms with Crippen molar-refractivity contribution in [3.8, 4) is 5.82 Å². The van der Waals surface area contributed by atoms with E-state index < -0.39 is 0 Å². The third-order valence-electron chi connectivity index (χ3n) is 7.58. The molecule has 1 aromatic carbocycles. The number of likely N-dealkylation sites (tertiary alicyclic amines) is 1. The largest absolute Gasteiger partial charge is 0.337 e. The van der Waals surface area contributed by atoms with Crippen LogP contribution in [0.5, 0.6) is 0 Å². The molecule has 1 N–H and O–H groups in total. The van der Waals surface area contributed by atoms with Gasteiger partial charge >= 0.3 is 0 Å². The van der Waals surface area contributed by atoms with E-state index in [0.717, 1.165) is 19.5 Å². The van der Waals surface area contributed by atoms with Crippen molar-refractivity contribution in [2.24, 2.45) is 11.8 Å². The van der Waals surface area contributed by atoms with Crippen LogP contribution >= 0.6 is 0 Å². The minimum absolute atomic E-state index is 0.0224. The fourth-order valence-electron chi connectivity index (χ4n) is 6.18. The lowest BCUT2D eigenvalue weighted by Gasteiger charge is -2.57. The van der Waals surface area contributed by atoms with Gasteiger partial charge in [-0.25, -0.2) is 0 Å². The molecule has 3 aromatic rings. The van der Waals surface area contributed by atoms with Crippen LogP contribution in [0, 0.1) is 11.8 Å². The number of nitrogens with one attached hydrogen (secondary N) is 1. The molecule has 2 aromatic heterocycles. The first-order valence-electron chi connectivity index (χ1n) is 11.6. The second kappa shape index (κ2) is 8.12. The Morgan fingerprint density at radius 1 is 1.12 bits per heavy atom. The lowest BCUT2D eigenvalue weighted by atomic mass is 9.71. The molecule has 2 bridgehead atoms. The van der Waals surface area contributed by atoms with Gasteiger partial charge in [-0.2, -0.15) is 9.78 Å². The van der Waals surface area contributed by atoms with Crippen LogP contribution in [0.2, 0.25) is 0 Å². The van der Waals surface area contributed by atoms with E-state index in [-0.39, 0.29) is 5.91 Å². The number of nitrogens with zero attached hydrogens (tertiary/aromatic N) is 7. The number of carbonyl (C=O) groups is 1. The summed E-state index contributed by atoms with van der Waals surface area (Å²) in [6.45, 7) is 2.82. The summed E-state index contributed by atoms with van der Waals surface area (Å²) in [5.41, 5.74) is 1.89. The van der Waals surface area contributed by atoms with Crippen molar-refractivity contribution < 1.29 is 4.79 Å². The van der Waals surface area contributed by atoms with Gasteiger partial charge in [0.2, 0.25) is 0 Å². The van der Waals surface area contributed by atoms with Gasteiger partial charge in [-0.15, -0.1) is 5.10 Å². The molecule has 0 spiro atoms. The Bertz CT molecular complexity index is 1060. The molecule has 166 valence electrons. The van der Waals surface area contributed by atoms with Crippen LogP contribution in [0.25, 0.3) is 5.82 Å². The van der Waals surface area contributed by atoms with Gasteiger partial charge in [0, 0.05) is 31.2 Å². The average molecular weight is 433 g/mol. The van der Waals surface area contributed by atoms with Crippen molar-refractivity contribution in [3.63, 3.8) is 0 Å². The second-order valence-electron chi connectivity index (χ2n) is 9.42. The Morgan fingerprint density at radius 2 is 2.00 bits per heavy atom. The number of H-pyrrole nitrogens is 1. The minimum Gasteiger partial charge on any atom is -0.337 e. The number of fused-ring (bicyclic) bond motifs is 4. The highest BCUT2D eigenvalue weighted by molar-refractivity contribution is 5.92. The normalized spacial score (nSPS) is 27.8. The lowest BCUT2D eigenvalue weighted by molar-refractivity contribution is -0.0643. The number of hydrogen-bond donors (Lipinski definition) is 1. The van der Waals surface area contributed by atoms with E-state index in [9.17, 15) is 4.79 Å². The number of benzene rings is 1. The van der Waals surface area contributed by atoms with Crippen LogP contribution in [0.3, 0.4) is 0 Å². The Morgan fingerprint density at radius 3 is 2.84 bits per heavy atom. The zero-order valence-corrected chi connectivity index (χ0v) is 18.0. The van der Waals surface area contributed by atoms with Gasteiger partial charge in [0.25, 0.3) is 5.91 Å². The van der Waals surface area contributed by atoms with Crippen LogP contribution in [0.15, 0.2) is 42.7 Å². The number of tetrazole rings is 1. The van der Waals surface area contributed by atoms with Crippen molar-refractivity contribution in [2.75, 3.05) is 19.6 Å². The van der Waals surface area contributed by atoms with Crippen LogP contribution < -0.4 is 0 Å². The summed E-state index contributed by atoms with van der Waals surface area (Å²) >= 11 is 0. The van der Waals surface area contributed by atoms with Crippen molar-refractivity contribution in [1.82, 2.24) is 40.2 Å². The van der Waals surface area contributed by atoms with Gasteiger partial charge in [0.15, 0.2) is 5.82 Å². The summed E-state index contributed by atoms with van der Waals surface area (Å²) in [4.78, 5) is 18.3. The molecule has 3 saturated heterocycles. The Kier molecular flexibility index (Phi) is 4.98. The van der Waals surface area contributed by atoms with Gasteiger partial charge in [0.1, 0.15) is 12.0 Å². The zero-order valence-electron chi connectivity index (χ0n) is 18.0. The molecule has 3 aliphatic rings. The molecule has 3 fully saturated rings. The van der Waals surface area contributed by atoms with Gasteiger partial charge in [0.05, 0.1) is 0 Å². The summed E-state index contributed by atoms with van der Waals surface area (Å²) in [5.74, 6) is 1.59. The highest BCUT2D eigenvalue weighted by Crippen LogP contribution is 2.42. The summed E-state index contributed by atoms with van der Waals surface area (Å²) in [7, 11) is 0. The number of aromatic nitrogens is 6. The molecule has 9 heteroatoms. The maximum absolute atomic E-state index is 13.4. The predicted octanol–water partition coefficient (Wildman–Crippen LogP) is 1.94. The lowest BCUT2D eigenvalue weighted by Crippen LogP contribution is -2.64. The van der Waals surface area contributed by atoms with Crippen molar-refractivity contribution in [3.05, 3.63) is 54.0 Å². The number of rotatable bonds is 4. The standard InChI is InChI=1S/C23H28N8O/c32-23(19-12-22(26-25-19)31-15-24-27-28-31)29-13-17-11-18(14-29)21(10-16-6-2-1-3-7-16)30-9-5-4-8-20(17)30/h1-3,6-7,12,15,17-18,20-21H,4-5,8-11,13-14H2,(H,25,26)/t17-,18+,20+,21+/m1/s1. The van der Waals surface area contributed by atoms with Gasteiger partial charge in [-0.3, -0.25) is 14.8 Å². The molecule has 1 amide bonds. The third-order valence-corrected chi connectivity index (χ3v) is 7.58. The number of aromatic amines is 1. The quantitative estimate of drug-likeness (QED) is 0.677. The zero-order chi connectivity index (χ0) is 21.5. The number of piperidine rings is 3. The summed E-state index contributed by atoms with van der Waals surface area (Å²) in [5, 5.41) is 18.3. The first-order valence-corrected chi connectivity index (χ1v) is 11.6. The number of carbonyl (C=O) groups excluding carboxylic acids is 1. The Hall–Kier alpha value is -3.07.